The minimum absolute atomic E-state index is 0.0158. The molecule has 8 nitrogen and oxygen atoms in total. The molecule has 3 aromatic rings. The smallest absolute Gasteiger partial charge is 0.261 e. The van der Waals surface area contributed by atoms with E-state index >= 15 is 0 Å². The van der Waals surface area contributed by atoms with Crippen LogP contribution in [0.1, 0.15) is 41.6 Å². The fraction of sp³-hybridized carbons (Fsp3) is 0.269. The van der Waals surface area contributed by atoms with Gasteiger partial charge in [0.2, 0.25) is 0 Å². The first kappa shape index (κ1) is 23.0. The van der Waals surface area contributed by atoms with Crippen molar-refractivity contribution in [3.63, 3.8) is 0 Å². The van der Waals surface area contributed by atoms with E-state index in [9.17, 15) is 13.2 Å². The summed E-state index contributed by atoms with van der Waals surface area (Å²) in [7, 11) is -2.37. The van der Waals surface area contributed by atoms with Gasteiger partial charge in [0.25, 0.3) is 21.7 Å². The average molecular weight is 495 g/mol. The van der Waals surface area contributed by atoms with Gasteiger partial charge in [0, 0.05) is 35.8 Å². The van der Waals surface area contributed by atoms with Gasteiger partial charge in [-0.05, 0) is 73.9 Å². The number of benzene rings is 3. The highest BCUT2D eigenvalue weighted by molar-refractivity contribution is 7.92. The second-order valence-electron chi connectivity index (χ2n) is 8.75. The van der Waals surface area contributed by atoms with Gasteiger partial charge in [0.15, 0.2) is 11.5 Å². The Morgan fingerprint density at radius 1 is 0.914 bits per heavy atom. The van der Waals surface area contributed by atoms with Crippen LogP contribution in [0.15, 0.2) is 65.6 Å². The number of fused-ring (bicyclic) bond motifs is 1. The first-order valence-corrected chi connectivity index (χ1v) is 12.9. The van der Waals surface area contributed by atoms with Gasteiger partial charge in [-0.2, -0.15) is 0 Å². The summed E-state index contributed by atoms with van der Waals surface area (Å²) in [4.78, 5) is 13.1. The van der Waals surface area contributed by atoms with Crippen LogP contribution in [0.5, 0.6) is 17.2 Å². The van der Waals surface area contributed by atoms with Crippen molar-refractivity contribution in [1.82, 2.24) is 0 Å². The van der Waals surface area contributed by atoms with Crippen LogP contribution in [0.25, 0.3) is 0 Å². The topological polar surface area (TPSA) is 103 Å². The second kappa shape index (κ2) is 8.81. The highest BCUT2D eigenvalue weighted by atomic mass is 32.2. The van der Waals surface area contributed by atoms with E-state index in [1.165, 1.54) is 19.2 Å². The summed E-state index contributed by atoms with van der Waals surface area (Å²) in [6, 6.07) is 16.2. The van der Waals surface area contributed by atoms with Gasteiger partial charge in [-0.15, -0.1) is 0 Å². The predicted molar refractivity (Wildman–Crippen MR) is 132 cm³/mol. The molecule has 1 aliphatic carbocycles. The maximum Gasteiger partial charge on any atom is 0.261 e. The maximum atomic E-state index is 13.1. The third-order valence-electron chi connectivity index (χ3n) is 6.27. The minimum atomic E-state index is -3.91. The van der Waals surface area contributed by atoms with Crippen molar-refractivity contribution in [3.05, 3.63) is 71.8 Å². The molecule has 35 heavy (non-hydrogen) atoms. The summed E-state index contributed by atoms with van der Waals surface area (Å²) in [6.07, 6.45) is 3.80. The van der Waals surface area contributed by atoms with E-state index in [0.717, 1.165) is 25.7 Å². The number of carbonyl (C=O) groups excluding carboxylic acids is 1. The minimum Gasteiger partial charge on any atom is -0.497 e. The normalized spacial score (nSPS) is 15.7. The zero-order valence-electron chi connectivity index (χ0n) is 19.5. The summed E-state index contributed by atoms with van der Waals surface area (Å²) in [5.74, 6) is 0.879. The molecular weight excluding hydrogens is 468 g/mol. The molecule has 5 rings (SSSR count). The zero-order chi connectivity index (χ0) is 24.6. The van der Waals surface area contributed by atoms with Crippen LogP contribution >= 0.6 is 0 Å². The van der Waals surface area contributed by atoms with Gasteiger partial charge in [-0.1, -0.05) is 6.07 Å². The molecule has 9 heteroatoms. The van der Waals surface area contributed by atoms with Crippen molar-refractivity contribution in [2.45, 2.75) is 43.3 Å². The molecule has 0 saturated heterocycles. The summed E-state index contributed by atoms with van der Waals surface area (Å²) in [5.41, 5.74) is 1.83. The van der Waals surface area contributed by atoms with E-state index in [1.54, 1.807) is 55.5 Å². The van der Waals surface area contributed by atoms with Crippen LogP contribution in [0, 0.1) is 6.92 Å². The van der Waals surface area contributed by atoms with Gasteiger partial charge in [-0.25, -0.2) is 8.42 Å². The van der Waals surface area contributed by atoms with E-state index in [2.05, 4.69) is 10.0 Å². The number of methoxy groups -OCH3 is 1. The lowest BCUT2D eigenvalue weighted by molar-refractivity contribution is -0.0716. The van der Waals surface area contributed by atoms with E-state index in [4.69, 9.17) is 14.2 Å². The Hall–Kier alpha value is -3.72. The molecule has 0 aromatic heterocycles. The van der Waals surface area contributed by atoms with E-state index in [0.29, 0.717) is 34.2 Å². The Kier molecular flexibility index (Phi) is 5.80. The molecule has 1 amide bonds. The number of carbonyl (C=O) groups is 1. The Balaban J connectivity index is 1.34. The number of aryl methyl sites for hydroxylation is 1. The largest absolute Gasteiger partial charge is 0.497 e. The number of sulfonamides is 1. The highest BCUT2D eigenvalue weighted by Crippen LogP contribution is 2.47. The number of ether oxygens (including phenoxy) is 3. The predicted octanol–water partition coefficient (Wildman–Crippen LogP) is 5.10. The Morgan fingerprint density at radius 2 is 1.60 bits per heavy atom. The van der Waals surface area contributed by atoms with Crippen LogP contribution in [0.2, 0.25) is 0 Å². The maximum absolute atomic E-state index is 13.1. The number of rotatable bonds is 6. The lowest BCUT2D eigenvalue weighted by atomic mass is 10.1. The molecule has 1 saturated carbocycles. The van der Waals surface area contributed by atoms with Crippen molar-refractivity contribution in [2.75, 3.05) is 17.1 Å². The monoisotopic (exact) mass is 494 g/mol. The van der Waals surface area contributed by atoms with Crippen molar-refractivity contribution < 1.29 is 27.4 Å². The van der Waals surface area contributed by atoms with Gasteiger partial charge in [-0.3, -0.25) is 9.52 Å². The highest BCUT2D eigenvalue weighted by Gasteiger charge is 2.44. The SMILES string of the molecule is COc1ccc(NS(=O)(=O)c2ccc(C)c(C(=O)Nc3ccc4c(c3)OC3(CCCC3)O4)c2)cc1. The molecule has 0 bridgehead atoms. The number of anilines is 2. The molecule has 1 heterocycles. The molecular formula is C26H26N2O6S. The van der Waals surface area contributed by atoms with Crippen molar-refractivity contribution in [3.8, 4) is 17.2 Å². The molecule has 0 atom stereocenters. The summed E-state index contributed by atoms with van der Waals surface area (Å²) in [5, 5.41) is 2.85. The Labute approximate surface area is 204 Å². The fourth-order valence-electron chi connectivity index (χ4n) is 4.37. The van der Waals surface area contributed by atoms with E-state index < -0.39 is 21.7 Å². The fourth-order valence-corrected chi connectivity index (χ4v) is 5.46. The molecule has 1 spiro atoms. The lowest BCUT2D eigenvalue weighted by Gasteiger charge is -2.21. The van der Waals surface area contributed by atoms with Crippen LogP contribution in [0.3, 0.4) is 0 Å². The zero-order valence-corrected chi connectivity index (χ0v) is 20.3. The molecule has 2 N–H and O–H groups in total. The van der Waals surface area contributed by atoms with Crippen molar-refractivity contribution >= 4 is 27.3 Å². The third-order valence-corrected chi connectivity index (χ3v) is 7.64. The quantitative estimate of drug-likeness (QED) is 0.494. The number of hydrogen-bond donors (Lipinski definition) is 2. The number of hydrogen-bond acceptors (Lipinski definition) is 6. The molecule has 2 aliphatic rings. The van der Waals surface area contributed by atoms with E-state index in [-0.39, 0.29) is 10.5 Å². The van der Waals surface area contributed by atoms with Crippen molar-refractivity contribution in [2.24, 2.45) is 0 Å². The summed E-state index contributed by atoms with van der Waals surface area (Å²) < 4.78 is 45.6. The van der Waals surface area contributed by atoms with Crippen LogP contribution in [-0.4, -0.2) is 27.2 Å². The number of nitrogens with one attached hydrogen (secondary N) is 2. The van der Waals surface area contributed by atoms with Crippen LogP contribution in [0.4, 0.5) is 11.4 Å². The molecule has 182 valence electrons. The molecule has 1 fully saturated rings. The lowest BCUT2D eigenvalue weighted by Crippen LogP contribution is -2.34. The molecule has 0 radical (unpaired) electrons. The van der Waals surface area contributed by atoms with Gasteiger partial charge in [0.05, 0.1) is 12.0 Å². The van der Waals surface area contributed by atoms with Crippen molar-refractivity contribution in [1.29, 1.82) is 0 Å². The van der Waals surface area contributed by atoms with Gasteiger partial charge >= 0.3 is 0 Å². The standard InChI is InChI=1S/C26H26N2O6S/c1-17-5-11-21(35(30,31)28-18-6-9-20(32-2)10-7-18)16-22(17)25(29)27-19-8-12-23-24(15-19)34-26(33-23)13-3-4-14-26/h5-12,15-16,28H,3-4,13-14H2,1-2H3,(H,27,29). The molecule has 0 unspecified atom stereocenters. The Bertz CT molecular complexity index is 1380. The second-order valence-corrected chi connectivity index (χ2v) is 10.4. The average Bonchev–Trinajstić information content (AvgIpc) is 3.44. The summed E-state index contributed by atoms with van der Waals surface area (Å²) in [6.45, 7) is 1.76. The Morgan fingerprint density at radius 3 is 2.31 bits per heavy atom. The van der Waals surface area contributed by atoms with Gasteiger partial charge < -0.3 is 19.5 Å². The van der Waals surface area contributed by atoms with Crippen LogP contribution in [-0.2, 0) is 10.0 Å². The van der Waals surface area contributed by atoms with Gasteiger partial charge in [0.1, 0.15) is 5.75 Å². The number of amides is 1. The summed E-state index contributed by atoms with van der Waals surface area (Å²) >= 11 is 0. The molecule has 1 aliphatic heterocycles. The van der Waals surface area contributed by atoms with Crippen LogP contribution < -0.4 is 24.2 Å². The van der Waals surface area contributed by atoms with E-state index in [1.807, 2.05) is 0 Å². The first-order chi connectivity index (χ1) is 16.8. The molecule has 3 aromatic carbocycles. The third kappa shape index (κ3) is 4.64. The first-order valence-electron chi connectivity index (χ1n) is 11.4.